The van der Waals surface area contributed by atoms with Gasteiger partial charge in [-0.05, 0) is 41.5 Å². The Morgan fingerprint density at radius 1 is 1.37 bits per heavy atom. The van der Waals surface area contributed by atoms with Crippen molar-refractivity contribution in [2.45, 2.75) is 12.8 Å². The number of carboxylic acids is 1. The average Bonchev–Trinajstić information content (AvgIpc) is 3.46. The number of aryl methyl sites for hydroxylation is 1. The van der Waals surface area contributed by atoms with Crippen molar-refractivity contribution in [3.05, 3.63) is 35.4 Å². The van der Waals surface area contributed by atoms with Crippen LogP contribution >= 0.6 is 25.0 Å². The molecule has 27 heavy (non-hydrogen) atoms. The molecule has 0 unspecified atom stereocenters. The van der Waals surface area contributed by atoms with Crippen molar-refractivity contribution in [2.75, 3.05) is 27.2 Å². The van der Waals surface area contributed by atoms with Gasteiger partial charge in [-0.1, -0.05) is 34.1 Å². The molecule has 0 saturated carbocycles. The van der Waals surface area contributed by atoms with Crippen LogP contribution in [-0.4, -0.2) is 64.5 Å². The standard InChI is InChI=1S/C16H23N7O2S2/c1-17-16(26)20-19-11-14(21-23(9-10-23)22(27)18-2)13-6-3-12(4-7-13)5-8-15(24)25/h3-4,6-7,11,18,27H,5,8-10H2,1-2H3,(H2-,17,20,21,24,25,26)/p+1. The Bertz CT molecular complexity index is 733. The molecule has 0 aliphatic carbocycles. The molecular weight excluding hydrogens is 386 g/mol. The minimum atomic E-state index is -0.811. The molecule has 1 saturated heterocycles. The number of rotatable bonds is 9. The summed E-state index contributed by atoms with van der Waals surface area (Å²) in [5.74, 6) is -0.811. The third kappa shape index (κ3) is 6.26. The molecule has 4 N–H and O–H groups in total. The predicted octanol–water partition coefficient (Wildman–Crippen LogP) is 0.514. The third-order valence-corrected chi connectivity index (χ3v) is 4.76. The number of carbonyl (C=O) groups is 1. The van der Waals surface area contributed by atoms with Crippen molar-refractivity contribution in [1.82, 2.24) is 20.7 Å². The number of hydrogen-bond acceptors (Lipinski definition) is 7. The van der Waals surface area contributed by atoms with E-state index in [0.717, 1.165) is 24.2 Å². The van der Waals surface area contributed by atoms with Gasteiger partial charge >= 0.3 is 5.97 Å². The zero-order valence-corrected chi connectivity index (χ0v) is 16.9. The van der Waals surface area contributed by atoms with Crippen LogP contribution in [0.25, 0.3) is 0 Å². The fourth-order valence-electron chi connectivity index (χ4n) is 2.27. The molecule has 2 rings (SSSR count). The first-order chi connectivity index (χ1) is 12.9. The Labute approximate surface area is 169 Å². The van der Waals surface area contributed by atoms with Crippen LogP contribution in [-0.2, 0) is 11.2 Å². The maximum Gasteiger partial charge on any atom is 0.303 e. The number of benzene rings is 1. The van der Waals surface area contributed by atoms with Gasteiger partial charge in [-0.2, -0.15) is 5.10 Å². The molecule has 1 aliphatic heterocycles. The lowest BCUT2D eigenvalue weighted by Crippen LogP contribution is -2.43. The highest BCUT2D eigenvalue weighted by atomic mass is 32.1. The van der Waals surface area contributed by atoms with E-state index in [-0.39, 0.29) is 6.42 Å². The van der Waals surface area contributed by atoms with Crippen molar-refractivity contribution in [3.63, 3.8) is 0 Å². The van der Waals surface area contributed by atoms with Crippen LogP contribution in [0.1, 0.15) is 17.5 Å². The predicted molar refractivity (Wildman–Crippen MR) is 112 cm³/mol. The lowest BCUT2D eigenvalue weighted by Gasteiger charge is -2.19. The number of hydrazone groups is 1. The zero-order valence-electron chi connectivity index (χ0n) is 15.2. The SMILES string of the molecule is CNC(=S)NN=CC(=N[N+]1(N(S)NC)CC1)c1ccc(CCC(=O)O)cc1. The maximum absolute atomic E-state index is 10.7. The highest BCUT2D eigenvalue weighted by Gasteiger charge is 2.50. The molecule has 1 aromatic carbocycles. The van der Waals surface area contributed by atoms with E-state index in [2.05, 4.69) is 34.1 Å². The molecule has 146 valence electrons. The summed E-state index contributed by atoms with van der Waals surface area (Å²) in [5.41, 5.74) is 8.14. The molecule has 0 amide bonds. The van der Waals surface area contributed by atoms with E-state index in [1.54, 1.807) is 24.8 Å². The molecule has 0 spiro atoms. The zero-order chi connectivity index (χ0) is 19.9. The number of carboxylic acid groups (broad SMARTS) is 1. The molecule has 1 aromatic rings. The molecule has 9 nitrogen and oxygen atoms in total. The van der Waals surface area contributed by atoms with Gasteiger partial charge in [0, 0.05) is 26.1 Å². The molecule has 0 bridgehead atoms. The Kier molecular flexibility index (Phi) is 7.68. The highest BCUT2D eigenvalue weighted by molar-refractivity contribution is 7.80. The number of quaternary nitrogens is 1. The number of hydrogen-bond donors (Lipinski definition) is 5. The molecule has 1 fully saturated rings. The lowest BCUT2D eigenvalue weighted by atomic mass is 10.1. The fraction of sp³-hybridized carbons (Fsp3) is 0.375. The first kappa shape index (κ1) is 21.3. The van der Waals surface area contributed by atoms with Crippen LogP contribution in [0.5, 0.6) is 0 Å². The van der Waals surface area contributed by atoms with Gasteiger partial charge in [0.15, 0.2) is 18.2 Å². The number of thiocarbonyl (C=S) groups is 1. The van der Waals surface area contributed by atoms with E-state index in [4.69, 9.17) is 22.4 Å². The molecule has 11 heteroatoms. The topological polar surface area (TPSA) is 101 Å². The largest absolute Gasteiger partial charge is 0.481 e. The second-order valence-corrected chi connectivity index (χ2v) is 6.65. The van der Waals surface area contributed by atoms with E-state index >= 15 is 0 Å². The Morgan fingerprint density at radius 3 is 2.56 bits per heavy atom. The van der Waals surface area contributed by atoms with E-state index < -0.39 is 5.97 Å². The quantitative estimate of drug-likeness (QED) is 0.101. The Hall–Kier alpha value is -2.05. The lowest BCUT2D eigenvalue weighted by molar-refractivity contribution is -0.913. The van der Waals surface area contributed by atoms with Crippen molar-refractivity contribution in [2.24, 2.45) is 10.2 Å². The van der Waals surface area contributed by atoms with Crippen LogP contribution in [0.15, 0.2) is 34.5 Å². The first-order valence-electron chi connectivity index (χ1n) is 8.36. The minimum Gasteiger partial charge on any atom is -0.481 e. The smallest absolute Gasteiger partial charge is 0.303 e. The van der Waals surface area contributed by atoms with E-state index in [1.165, 1.54) is 0 Å². The van der Waals surface area contributed by atoms with Gasteiger partial charge in [0.25, 0.3) is 0 Å². The van der Waals surface area contributed by atoms with Crippen LogP contribution in [0.2, 0.25) is 0 Å². The van der Waals surface area contributed by atoms with E-state index in [0.29, 0.717) is 21.9 Å². The summed E-state index contributed by atoms with van der Waals surface area (Å²) in [5, 5.41) is 20.9. The monoisotopic (exact) mass is 410 g/mol. The van der Waals surface area contributed by atoms with E-state index in [1.807, 2.05) is 24.3 Å². The fourth-order valence-corrected chi connectivity index (χ4v) is 2.54. The van der Waals surface area contributed by atoms with Crippen molar-refractivity contribution in [1.29, 1.82) is 0 Å². The number of hydrazine groups is 1. The third-order valence-electron chi connectivity index (χ3n) is 3.93. The molecule has 1 aliphatic rings. The highest BCUT2D eigenvalue weighted by Crippen LogP contribution is 2.27. The van der Waals surface area contributed by atoms with Gasteiger partial charge in [0.2, 0.25) is 0 Å². The summed E-state index contributed by atoms with van der Waals surface area (Å²) in [4.78, 5) is 10.7. The molecular formula is C16H24N7O2S2+. The van der Waals surface area contributed by atoms with Crippen molar-refractivity contribution in [3.8, 4) is 0 Å². The summed E-state index contributed by atoms with van der Waals surface area (Å²) in [6.07, 6.45) is 2.19. The number of aliphatic carboxylic acids is 1. The normalized spacial score (nSPS) is 15.8. The molecule has 0 radical (unpaired) electrons. The summed E-state index contributed by atoms with van der Waals surface area (Å²) in [7, 11) is 3.48. The number of nitrogens with zero attached hydrogens (tertiary/aromatic N) is 4. The van der Waals surface area contributed by atoms with Gasteiger partial charge in [0.05, 0.1) is 6.21 Å². The average molecular weight is 411 g/mol. The van der Waals surface area contributed by atoms with Crippen LogP contribution in [0.3, 0.4) is 0 Å². The summed E-state index contributed by atoms with van der Waals surface area (Å²) in [6.45, 7) is 1.64. The van der Waals surface area contributed by atoms with Crippen LogP contribution in [0, 0.1) is 0 Å². The molecule has 0 aromatic heterocycles. The molecule has 1 heterocycles. The summed E-state index contributed by atoms with van der Waals surface area (Å²) in [6, 6.07) is 7.61. The van der Waals surface area contributed by atoms with Crippen LogP contribution < -0.4 is 16.2 Å². The van der Waals surface area contributed by atoms with Gasteiger partial charge in [0.1, 0.15) is 5.71 Å². The maximum atomic E-state index is 10.7. The Morgan fingerprint density at radius 2 is 2.04 bits per heavy atom. The Balaban J connectivity index is 2.24. The van der Waals surface area contributed by atoms with Crippen LogP contribution in [0.4, 0.5) is 0 Å². The van der Waals surface area contributed by atoms with Gasteiger partial charge in [-0.25, -0.2) is 5.43 Å². The summed E-state index contributed by atoms with van der Waals surface area (Å²) >= 11 is 9.42. The number of nitrogens with one attached hydrogen (secondary N) is 3. The van der Waals surface area contributed by atoms with Crippen molar-refractivity contribution >= 4 is 48.0 Å². The van der Waals surface area contributed by atoms with Crippen molar-refractivity contribution < 1.29 is 14.6 Å². The minimum absolute atomic E-state index is 0.101. The summed E-state index contributed by atoms with van der Waals surface area (Å²) < 4.78 is 1.93. The second-order valence-electron chi connectivity index (χ2n) is 5.86. The molecule has 0 atom stereocenters. The van der Waals surface area contributed by atoms with E-state index in [9.17, 15) is 4.79 Å². The van der Waals surface area contributed by atoms with Gasteiger partial charge in [-0.15, -0.1) is 0 Å². The second kappa shape index (κ2) is 9.76. The first-order valence-corrected chi connectivity index (χ1v) is 9.17. The number of thiol groups is 1. The van der Waals surface area contributed by atoms with Gasteiger partial charge < -0.3 is 10.4 Å². The van der Waals surface area contributed by atoms with Gasteiger partial charge in [-0.3, -0.25) is 10.2 Å².